The third kappa shape index (κ3) is 2.82. The van der Waals surface area contributed by atoms with Gasteiger partial charge in [-0.2, -0.15) is 0 Å². The first-order valence-corrected chi connectivity index (χ1v) is 4.42. The molecule has 0 aromatic rings. The van der Waals surface area contributed by atoms with E-state index in [4.69, 9.17) is 0 Å². The van der Waals surface area contributed by atoms with Gasteiger partial charge in [0, 0.05) is 0 Å². The van der Waals surface area contributed by atoms with E-state index >= 15 is 0 Å². The number of hydrogen-bond donors (Lipinski definition) is 0. The van der Waals surface area contributed by atoms with Crippen molar-refractivity contribution < 1.29 is 17.9 Å². The fourth-order valence-electron chi connectivity index (χ4n) is 0.242. The van der Waals surface area contributed by atoms with Crippen LogP contribution in [0.3, 0.4) is 0 Å². The second kappa shape index (κ2) is 3.55. The molecule has 0 fully saturated rings. The Bertz CT molecular complexity index is 192. The van der Waals surface area contributed by atoms with Crippen molar-refractivity contribution in [3.8, 4) is 0 Å². The lowest BCUT2D eigenvalue weighted by Crippen LogP contribution is -2.19. The number of ether oxygens (including phenoxy) is 1. The minimum absolute atomic E-state index is 0.513. The molecule has 59 valence electrons. The van der Waals surface area contributed by atoms with E-state index in [1.165, 1.54) is 13.8 Å². The van der Waals surface area contributed by atoms with Crippen molar-refractivity contribution in [3.63, 3.8) is 0 Å². The van der Waals surface area contributed by atoms with Crippen molar-refractivity contribution in [3.05, 3.63) is 0 Å². The Hall–Kier alpha value is -0.580. The van der Waals surface area contributed by atoms with Crippen LogP contribution < -0.4 is 0 Å². The highest BCUT2D eigenvalue weighted by Crippen LogP contribution is 1.99. The third-order valence-corrected chi connectivity index (χ3v) is 2.88. The van der Waals surface area contributed by atoms with Gasteiger partial charge < -0.3 is 4.74 Å². The van der Waals surface area contributed by atoms with Gasteiger partial charge in [-0.05, 0) is 13.8 Å². The molecule has 0 aliphatic carbocycles. The second-order valence-electron chi connectivity index (χ2n) is 2.06. The van der Waals surface area contributed by atoms with E-state index in [-0.39, 0.29) is 0 Å². The van der Waals surface area contributed by atoms with Crippen molar-refractivity contribution in [2.24, 2.45) is 0 Å². The standard InChI is InChI=1S/C5H9O4S/c1-5(2)10(7,8)4-9-3-6/h5H,4H2,1-2H3. The van der Waals surface area contributed by atoms with Gasteiger partial charge in [-0.25, -0.2) is 13.2 Å². The fourth-order valence-corrected chi connectivity index (χ4v) is 0.727. The van der Waals surface area contributed by atoms with Crippen LogP contribution in [0.1, 0.15) is 13.8 Å². The molecule has 0 N–H and O–H groups in total. The van der Waals surface area contributed by atoms with Gasteiger partial charge in [-0.3, -0.25) is 0 Å². The maximum absolute atomic E-state index is 10.8. The van der Waals surface area contributed by atoms with Crippen LogP contribution in [0.2, 0.25) is 0 Å². The number of sulfone groups is 1. The van der Waals surface area contributed by atoms with E-state index in [9.17, 15) is 13.2 Å². The van der Waals surface area contributed by atoms with Gasteiger partial charge in [0.15, 0.2) is 15.8 Å². The zero-order chi connectivity index (χ0) is 8.20. The highest BCUT2D eigenvalue weighted by Gasteiger charge is 2.15. The molecule has 10 heavy (non-hydrogen) atoms. The highest BCUT2D eigenvalue weighted by atomic mass is 32.2. The maximum Gasteiger partial charge on any atom is 0.418 e. The van der Waals surface area contributed by atoms with Gasteiger partial charge in [-0.1, -0.05) is 0 Å². The predicted molar refractivity (Wildman–Crippen MR) is 35.7 cm³/mol. The zero-order valence-electron chi connectivity index (χ0n) is 5.83. The number of carbonyl (C=O) groups excluding carboxylic acids is 1. The van der Waals surface area contributed by atoms with Gasteiger partial charge in [-0.15, -0.1) is 0 Å². The SMILES string of the molecule is CC(C)S(=O)(=O)CO[C]=O. The minimum atomic E-state index is -3.25. The van der Waals surface area contributed by atoms with Crippen molar-refractivity contribution in [2.75, 3.05) is 5.94 Å². The lowest BCUT2D eigenvalue weighted by Gasteiger charge is -2.03. The molecule has 0 heterocycles. The molecule has 0 rings (SSSR count). The quantitative estimate of drug-likeness (QED) is 0.581. The van der Waals surface area contributed by atoms with Crippen molar-refractivity contribution >= 4 is 16.3 Å². The molecule has 0 bridgehead atoms. The molecule has 0 unspecified atom stereocenters. The average molecular weight is 165 g/mol. The first-order chi connectivity index (χ1) is 4.50. The van der Waals surface area contributed by atoms with Gasteiger partial charge in [0.1, 0.15) is 0 Å². The van der Waals surface area contributed by atoms with Crippen molar-refractivity contribution in [2.45, 2.75) is 19.1 Å². The molecule has 0 saturated heterocycles. The normalized spacial score (nSPS) is 11.5. The molecule has 0 aromatic heterocycles. The highest BCUT2D eigenvalue weighted by molar-refractivity contribution is 7.91. The molecule has 0 aromatic carbocycles. The molecular weight excluding hydrogens is 156 g/mol. The topological polar surface area (TPSA) is 60.4 Å². The van der Waals surface area contributed by atoms with Crippen LogP contribution in [0.15, 0.2) is 0 Å². The smallest absolute Gasteiger partial charge is 0.418 e. The van der Waals surface area contributed by atoms with E-state index in [0.717, 1.165) is 6.47 Å². The van der Waals surface area contributed by atoms with Crippen LogP contribution >= 0.6 is 0 Å². The van der Waals surface area contributed by atoms with Crippen LogP contribution in [-0.2, 0) is 19.4 Å². The predicted octanol–water partition coefficient (Wildman–Crippen LogP) is -0.149. The second-order valence-corrected chi connectivity index (χ2v) is 4.56. The molecule has 4 nitrogen and oxygen atoms in total. The molecule has 5 heteroatoms. The van der Waals surface area contributed by atoms with Gasteiger partial charge >= 0.3 is 6.47 Å². The molecule has 0 spiro atoms. The Morgan fingerprint density at radius 3 is 2.30 bits per heavy atom. The van der Waals surface area contributed by atoms with E-state index in [0.29, 0.717) is 0 Å². The summed E-state index contributed by atoms with van der Waals surface area (Å²) >= 11 is 0. The maximum atomic E-state index is 10.8. The van der Waals surface area contributed by atoms with E-state index in [1.807, 2.05) is 0 Å². The molecule has 0 atom stereocenters. The number of hydrogen-bond acceptors (Lipinski definition) is 4. The first kappa shape index (κ1) is 9.42. The Morgan fingerprint density at radius 2 is 2.00 bits per heavy atom. The first-order valence-electron chi connectivity index (χ1n) is 2.71. The largest absolute Gasteiger partial charge is 0.441 e. The van der Waals surface area contributed by atoms with E-state index in [1.54, 1.807) is 0 Å². The van der Waals surface area contributed by atoms with Crippen LogP contribution in [0, 0.1) is 0 Å². The summed E-state index contributed by atoms with van der Waals surface area (Å²) in [6.45, 7) is 4.08. The van der Waals surface area contributed by atoms with Crippen LogP contribution in [0.25, 0.3) is 0 Å². The number of rotatable bonds is 4. The summed E-state index contributed by atoms with van der Waals surface area (Å²) in [5.41, 5.74) is 0. The molecule has 0 saturated carbocycles. The summed E-state index contributed by atoms with van der Waals surface area (Å²) in [4.78, 5) is 9.46. The van der Waals surface area contributed by atoms with Crippen LogP contribution in [0.5, 0.6) is 0 Å². The summed E-state index contributed by atoms with van der Waals surface area (Å²) in [5, 5.41) is -0.513. The Labute approximate surface area is 60.1 Å². The van der Waals surface area contributed by atoms with Gasteiger partial charge in [0.25, 0.3) is 0 Å². The molecule has 0 amide bonds. The van der Waals surface area contributed by atoms with Gasteiger partial charge in [0.05, 0.1) is 5.25 Å². The van der Waals surface area contributed by atoms with Crippen molar-refractivity contribution in [1.29, 1.82) is 0 Å². The summed E-state index contributed by atoms with van der Waals surface area (Å²) in [5.74, 6) is -0.575. The Kier molecular flexibility index (Phi) is 3.35. The summed E-state index contributed by atoms with van der Waals surface area (Å²) in [7, 11) is -3.25. The van der Waals surface area contributed by atoms with Crippen molar-refractivity contribution in [1.82, 2.24) is 0 Å². The average Bonchev–Trinajstić information content (AvgIpc) is 1.84. The monoisotopic (exact) mass is 165 g/mol. The molecule has 0 aliphatic rings. The van der Waals surface area contributed by atoms with Gasteiger partial charge in [0.2, 0.25) is 0 Å². The lowest BCUT2D eigenvalue weighted by molar-refractivity contribution is 0.325. The zero-order valence-corrected chi connectivity index (χ0v) is 6.64. The van der Waals surface area contributed by atoms with Crippen LogP contribution in [0.4, 0.5) is 0 Å². The Balaban J connectivity index is 4.02. The van der Waals surface area contributed by atoms with E-state index in [2.05, 4.69) is 4.74 Å². The summed E-state index contributed by atoms with van der Waals surface area (Å²) in [6.07, 6.45) is 0. The van der Waals surface area contributed by atoms with Crippen LogP contribution in [-0.4, -0.2) is 26.1 Å². The van der Waals surface area contributed by atoms with E-state index < -0.39 is 21.0 Å². The lowest BCUT2D eigenvalue weighted by atomic mass is 10.6. The molecule has 0 aliphatic heterocycles. The minimum Gasteiger partial charge on any atom is -0.441 e. The third-order valence-electron chi connectivity index (χ3n) is 1.00. The summed E-state index contributed by atoms with van der Waals surface area (Å²) < 4.78 is 25.5. The molecular formula is C5H9O4S. The fraction of sp³-hybridized carbons (Fsp3) is 0.800. The molecule has 1 radical (unpaired) electrons. The summed E-state index contributed by atoms with van der Waals surface area (Å²) in [6, 6.07) is 0. The Morgan fingerprint density at radius 1 is 1.50 bits per heavy atom.